The predicted molar refractivity (Wildman–Crippen MR) is 89.7 cm³/mol. The Morgan fingerprint density at radius 2 is 1.86 bits per heavy atom. The van der Waals surface area contributed by atoms with E-state index in [4.69, 9.17) is 4.74 Å². The largest absolute Gasteiger partial charge is 0.380 e. The summed E-state index contributed by atoms with van der Waals surface area (Å²) in [4.78, 5) is 2.66. The second kappa shape index (κ2) is 7.43. The maximum atomic E-state index is 5.62. The van der Waals surface area contributed by atoms with Gasteiger partial charge in [-0.15, -0.1) is 0 Å². The molecule has 0 amide bonds. The molecular formula is C18H36N2O. The molecule has 0 bridgehead atoms. The van der Waals surface area contributed by atoms with Crippen molar-refractivity contribution in [2.75, 3.05) is 39.4 Å². The van der Waals surface area contributed by atoms with Crippen LogP contribution >= 0.6 is 0 Å². The molecule has 0 unspecified atom stereocenters. The third kappa shape index (κ3) is 5.88. The summed E-state index contributed by atoms with van der Waals surface area (Å²) in [5.74, 6) is 0.917. The van der Waals surface area contributed by atoms with E-state index < -0.39 is 0 Å². The quantitative estimate of drug-likeness (QED) is 0.861. The van der Waals surface area contributed by atoms with E-state index in [1.807, 2.05) is 0 Å². The lowest BCUT2D eigenvalue weighted by Crippen LogP contribution is -2.50. The van der Waals surface area contributed by atoms with Gasteiger partial charge in [-0.05, 0) is 51.4 Å². The summed E-state index contributed by atoms with van der Waals surface area (Å²) in [7, 11) is 0. The first-order valence-electron chi connectivity index (χ1n) is 8.94. The Morgan fingerprint density at radius 1 is 1.14 bits per heavy atom. The highest BCUT2D eigenvalue weighted by molar-refractivity contribution is 4.91. The minimum absolute atomic E-state index is 0.220. The number of nitrogens with zero attached hydrogens (tertiary/aromatic N) is 1. The van der Waals surface area contributed by atoms with Crippen molar-refractivity contribution in [1.82, 2.24) is 10.2 Å². The molecule has 3 heteroatoms. The topological polar surface area (TPSA) is 24.5 Å². The molecule has 1 saturated heterocycles. The fraction of sp³-hybridized carbons (Fsp3) is 1.00. The fourth-order valence-electron chi connectivity index (χ4n) is 3.65. The van der Waals surface area contributed by atoms with Gasteiger partial charge < -0.3 is 15.0 Å². The van der Waals surface area contributed by atoms with Gasteiger partial charge in [-0.25, -0.2) is 0 Å². The average Bonchev–Trinajstić information content (AvgIpc) is 2.68. The number of nitrogens with one attached hydrogen (secondary N) is 1. The van der Waals surface area contributed by atoms with Crippen LogP contribution in [0, 0.1) is 11.3 Å². The number of rotatable bonds is 4. The maximum absolute atomic E-state index is 5.62. The van der Waals surface area contributed by atoms with Crippen LogP contribution in [-0.4, -0.2) is 49.8 Å². The van der Waals surface area contributed by atoms with Crippen LogP contribution in [0.2, 0.25) is 0 Å². The lowest BCUT2D eigenvalue weighted by Gasteiger charge is -2.44. The molecule has 2 fully saturated rings. The van der Waals surface area contributed by atoms with Crippen molar-refractivity contribution in [3.05, 3.63) is 0 Å². The van der Waals surface area contributed by atoms with Crippen molar-refractivity contribution in [3.63, 3.8) is 0 Å². The van der Waals surface area contributed by atoms with Crippen LogP contribution in [0.1, 0.15) is 59.8 Å². The second-order valence-corrected chi connectivity index (χ2v) is 8.53. The van der Waals surface area contributed by atoms with E-state index >= 15 is 0 Å². The Labute approximate surface area is 131 Å². The first-order chi connectivity index (χ1) is 9.89. The molecule has 0 atom stereocenters. The molecule has 124 valence electrons. The van der Waals surface area contributed by atoms with E-state index in [0.717, 1.165) is 25.7 Å². The van der Waals surface area contributed by atoms with Crippen molar-refractivity contribution in [3.8, 4) is 0 Å². The molecule has 1 heterocycles. The minimum Gasteiger partial charge on any atom is -0.380 e. The minimum atomic E-state index is 0.220. The van der Waals surface area contributed by atoms with Crippen molar-refractivity contribution < 1.29 is 4.74 Å². The predicted octanol–water partition coefficient (Wildman–Crippen LogP) is 3.29. The van der Waals surface area contributed by atoms with Crippen molar-refractivity contribution in [1.29, 1.82) is 0 Å². The zero-order valence-electron chi connectivity index (χ0n) is 14.7. The fourth-order valence-corrected chi connectivity index (χ4v) is 3.65. The van der Waals surface area contributed by atoms with Crippen LogP contribution in [0.15, 0.2) is 0 Å². The zero-order chi connectivity index (χ0) is 15.3. The molecule has 0 radical (unpaired) electrons. The number of ether oxygens (including phenoxy) is 1. The second-order valence-electron chi connectivity index (χ2n) is 8.53. The summed E-state index contributed by atoms with van der Waals surface area (Å²) >= 11 is 0. The summed E-state index contributed by atoms with van der Waals surface area (Å²) in [6.45, 7) is 15.9. The van der Waals surface area contributed by atoms with Crippen molar-refractivity contribution >= 4 is 0 Å². The lowest BCUT2D eigenvalue weighted by atomic mass is 9.70. The Balaban J connectivity index is 1.97. The third-order valence-corrected chi connectivity index (χ3v) is 5.20. The average molecular weight is 296 g/mol. The van der Waals surface area contributed by atoms with Gasteiger partial charge in [-0.3, -0.25) is 0 Å². The molecule has 1 aliphatic heterocycles. The first kappa shape index (κ1) is 17.2. The zero-order valence-corrected chi connectivity index (χ0v) is 14.7. The van der Waals surface area contributed by atoms with Crippen LogP contribution in [-0.2, 0) is 4.74 Å². The van der Waals surface area contributed by atoms with E-state index in [2.05, 4.69) is 37.9 Å². The molecule has 1 saturated carbocycles. The summed E-state index contributed by atoms with van der Waals surface area (Å²) in [5, 5.41) is 3.79. The highest BCUT2D eigenvalue weighted by Gasteiger charge is 2.36. The maximum Gasteiger partial charge on any atom is 0.0593 e. The Bertz CT molecular complexity index is 295. The molecule has 0 aromatic carbocycles. The van der Waals surface area contributed by atoms with Crippen LogP contribution < -0.4 is 5.32 Å². The van der Waals surface area contributed by atoms with Crippen molar-refractivity contribution in [2.24, 2.45) is 11.3 Å². The molecular weight excluding hydrogens is 260 g/mol. The Morgan fingerprint density at radius 3 is 2.52 bits per heavy atom. The summed E-state index contributed by atoms with van der Waals surface area (Å²) < 4.78 is 5.62. The first-order valence-corrected chi connectivity index (χ1v) is 8.94. The molecule has 1 N–H and O–H groups in total. The van der Waals surface area contributed by atoms with Gasteiger partial charge in [-0.2, -0.15) is 0 Å². The van der Waals surface area contributed by atoms with Crippen molar-refractivity contribution in [2.45, 2.75) is 65.3 Å². The normalized spacial score (nSPS) is 32.9. The number of hydrogen-bond acceptors (Lipinski definition) is 3. The third-order valence-electron chi connectivity index (χ3n) is 5.20. The Hall–Kier alpha value is -0.120. The lowest BCUT2D eigenvalue weighted by molar-refractivity contribution is 0.0755. The smallest absolute Gasteiger partial charge is 0.0593 e. The Kier molecular flexibility index (Phi) is 6.10. The van der Waals surface area contributed by atoms with Gasteiger partial charge in [0, 0.05) is 38.3 Å². The molecule has 21 heavy (non-hydrogen) atoms. The SMILES string of the molecule is CC1CCC(CNC(C)(C)C)(CN2CCCOCC2)CC1. The molecule has 3 nitrogen and oxygen atoms in total. The van der Waals surface area contributed by atoms with E-state index in [0.29, 0.717) is 5.41 Å². The molecule has 0 spiro atoms. The van der Waals surface area contributed by atoms with E-state index in [1.54, 1.807) is 0 Å². The van der Waals surface area contributed by atoms with Gasteiger partial charge in [0.15, 0.2) is 0 Å². The van der Waals surface area contributed by atoms with E-state index in [9.17, 15) is 0 Å². The van der Waals surface area contributed by atoms with Gasteiger partial charge in [0.05, 0.1) is 6.61 Å². The van der Waals surface area contributed by atoms with Crippen LogP contribution in [0.25, 0.3) is 0 Å². The molecule has 2 rings (SSSR count). The highest BCUT2D eigenvalue weighted by Crippen LogP contribution is 2.39. The van der Waals surface area contributed by atoms with Gasteiger partial charge >= 0.3 is 0 Å². The van der Waals surface area contributed by atoms with Crippen LogP contribution in [0.5, 0.6) is 0 Å². The molecule has 1 aliphatic carbocycles. The summed E-state index contributed by atoms with van der Waals surface area (Å²) in [5.41, 5.74) is 0.697. The van der Waals surface area contributed by atoms with Gasteiger partial charge in [0.2, 0.25) is 0 Å². The molecule has 0 aromatic rings. The highest BCUT2D eigenvalue weighted by atomic mass is 16.5. The summed E-state index contributed by atoms with van der Waals surface area (Å²) in [6, 6.07) is 0. The number of hydrogen-bond donors (Lipinski definition) is 1. The standard InChI is InChI=1S/C18H36N2O/c1-16-6-8-18(9-7-16,14-19-17(2,3)4)15-20-10-5-12-21-13-11-20/h16,19H,5-15H2,1-4H3. The summed E-state index contributed by atoms with van der Waals surface area (Å²) in [6.07, 6.45) is 6.76. The molecule has 2 aliphatic rings. The van der Waals surface area contributed by atoms with E-state index in [-0.39, 0.29) is 5.54 Å². The van der Waals surface area contributed by atoms with Gasteiger partial charge in [-0.1, -0.05) is 19.8 Å². The van der Waals surface area contributed by atoms with Crippen LogP contribution in [0.3, 0.4) is 0 Å². The van der Waals surface area contributed by atoms with Gasteiger partial charge in [0.1, 0.15) is 0 Å². The van der Waals surface area contributed by atoms with Crippen LogP contribution in [0.4, 0.5) is 0 Å². The van der Waals surface area contributed by atoms with Gasteiger partial charge in [0.25, 0.3) is 0 Å². The monoisotopic (exact) mass is 296 g/mol. The van der Waals surface area contributed by atoms with E-state index in [1.165, 1.54) is 51.7 Å². The molecule has 0 aromatic heterocycles.